The van der Waals surface area contributed by atoms with Crippen LogP contribution in [0.15, 0.2) is 41.4 Å². The van der Waals surface area contributed by atoms with Gasteiger partial charge in [0.1, 0.15) is 0 Å². The Balaban J connectivity index is 1.61. The van der Waals surface area contributed by atoms with E-state index in [1.165, 1.54) is 0 Å². The lowest BCUT2D eigenvalue weighted by molar-refractivity contribution is 0.0377. The number of morpholine rings is 1. The predicted octanol–water partition coefficient (Wildman–Crippen LogP) is 2.41. The number of nitrogens with one attached hydrogen (secondary N) is 3. The molecule has 0 atom stereocenters. The summed E-state index contributed by atoms with van der Waals surface area (Å²) in [5.74, 6) is 0.717. The van der Waals surface area contributed by atoms with Crippen molar-refractivity contribution in [1.29, 1.82) is 0 Å². The molecule has 2 heterocycles. The van der Waals surface area contributed by atoms with Crippen LogP contribution in [0.3, 0.4) is 0 Å². The minimum atomic E-state index is -0.384. The van der Waals surface area contributed by atoms with Gasteiger partial charge in [0.2, 0.25) is 11.9 Å². The number of nitrogens with zero attached hydrogens (tertiary/aromatic N) is 4. The van der Waals surface area contributed by atoms with Gasteiger partial charge in [-0.15, -0.1) is 0 Å². The van der Waals surface area contributed by atoms with Gasteiger partial charge in [0, 0.05) is 43.3 Å². The monoisotopic (exact) mass is 411 g/mol. The zero-order valence-corrected chi connectivity index (χ0v) is 17.5. The van der Waals surface area contributed by atoms with Crippen molar-refractivity contribution >= 4 is 23.6 Å². The molecule has 30 heavy (non-hydrogen) atoms. The third-order valence-electron chi connectivity index (χ3n) is 4.48. The second-order valence-corrected chi connectivity index (χ2v) is 7.08. The van der Waals surface area contributed by atoms with Crippen LogP contribution in [0, 0.1) is 13.8 Å². The van der Waals surface area contributed by atoms with E-state index in [1.807, 2.05) is 50.2 Å². The van der Waals surface area contributed by atoms with Crippen LogP contribution in [0.2, 0.25) is 0 Å². The number of ether oxygens (including phenoxy) is 1. The van der Waals surface area contributed by atoms with E-state index in [2.05, 4.69) is 35.8 Å². The maximum absolute atomic E-state index is 12.4. The number of aryl methyl sites for hydroxylation is 2. The van der Waals surface area contributed by atoms with E-state index >= 15 is 0 Å². The number of hydrogen-bond acceptors (Lipinski definition) is 6. The quantitative estimate of drug-likeness (QED) is 0.383. The molecule has 9 nitrogen and oxygen atoms in total. The van der Waals surface area contributed by atoms with E-state index in [1.54, 1.807) is 0 Å². The molecule has 1 aromatic carbocycles. The van der Waals surface area contributed by atoms with Gasteiger partial charge >= 0.3 is 6.03 Å². The van der Waals surface area contributed by atoms with Crippen LogP contribution in [-0.2, 0) is 4.74 Å². The Morgan fingerprint density at radius 2 is 1.80 bits per heavy atom. The van der Waals surface area contributed by atoms with Crippen molar-refractivity contribution in [3.63, 3.8) is 0 Å². The summed E-state index contributed by atoms with van der Waals surface area (Å²) in [6.07, 6.45) is 0.876. The number of urea groups is 1. The number of carbonyl (C=O) groups is 1. The molecule has 1 aromatic heterocycles. The van der Waals surface area contributed by atoms with Crippen molar-refractivity contribution in [3.8, 4) is 0 Å². The first-order valence-electron chi connectivity index (χ1n) is 10.2. The van der Waals surface area contributed by atoms with Gasteiger partial charge in [0.05, 0.1) is 13.2 Å². The molecule has 0 radical (unpaired) electrons. The van der Waals surface area contributed by atoms with Crippen molar-refractivity contribution < 1.29 is 9.53 Å². The van der Waals surface area contributed by atoms with Crippen molar-refractivity contribution in [2.24, 2.45) is 4.99 Å². The summed E-state index contributed by atoms with van der Waals surface area (Å²) in [6.45, 7) is 8.75. The third kappa shape index (κ3) is 7.41. The molecule has 0 saturated carbocycles. The van der Waals surface area contributed by atoms with E-state index in [0.29, 0.717) is 24.1 Å². The second-order valence-electron chi connectivity index (χ2n) is 7.08. The average molecular weight is 412 g/mol. The lowest BCUT2D eigenvalue weighted by Crippen LogP contribution is -2.40. The van der Waals surface area contributed by atoms with E-state index in [-0.39, 0.29) is 6.03 Å². The minimum Gasteiger partial charge on any atom is -0.379 e. The number of aliphatic imine (C=N–C) groups is 1. The van der Waals surface area contributed by atoms with Crippen LogP contribution in [0.5, 0.6) is 0 Å². The molecule has 3 N–H and O–H groups in total. The van der Waals surface area contributed by atoms with Crippen LogP contribution in [0.1, 0.15) is 17.8 Å². The summed E-state index contributed by atoms with van der Waals surface area (Å²) >= 11 is 0. The Morgan fingerprint density at radius 1 is 1.10 bits per heavy atom. The van der Waals surface area contributed by atoms with Crippen molar-refractivity contribution in [3.05, 3.63) is 47.8 Å². The molecule has 0 spiro atoms. The van der Waals surface area contributed by atoms with Gasteiger partial charge in [0.25, 0.3) is 0 Å². The highest BCUT2D eigenvalue weighted by atomic mass is 16.5. The first-order valence-corrected chi connectivity index (χ1v) is 10.2. The molecule has 1 saturated heterocycles. The molecule has 1 aliphatic rings. The Hall–Kier alpha value is -3.04. The molecular formula is C21H29N7O2. The molecule has 2 aromatic rings. The SMILES string of the molecule is Cc1cc(C)nc(NC(=NCCCN2CCOCC2)NC(=O)Nc2ccccc2)n1. The molecule has 0 bridgehead atoms. The number of guanidine groups is 1. The van der Waals surface area contributed by atoms with Crippen LogP contribution >= 0.6 is 0 Å². The normalized spacial score (nSPS) is 14.9. The van der Waals surface area contributed by atoms with E-state index in [4.69, 9.17) is 4.74 Å². The number of anilines is 2. The van der Waals surface area contributed by atoms with Crippen LogP contribution in [0.4, 0.5) is 16.4 Å². The molecule has 2 amide bonds. The Bertz CT molecular complexity index is 831. The summed E-state index contributed by atoms with van der Waals surface area (Å²) < 4.78 is 5.37. The summed E-state index contributed by atoms with van der Waals surface area (Å²) in [5, 5.41) is 8.59. The van der Waals surface area contributed by atoms with Crippen molar-refractivity contribution in [1.82, 2.24) is 20.2 Å². The fourth-order valence-corrected chi connectivity index (χ4v) is 3.10. The number of para-hydroxylation sites is 1. The van der Waals surface area contributed by atoms with Crippen molar-refractivity contribution in [2.45, 2.75) is 20.3 Å². The maximum Gasteiger partial charge on any atom is 0.326 e. The highest BCUT2D eigenvalue weighted by molar-refractivity contribution is 6.06. The Kier molecular flexibility index (Phi) is 8.10. The number of benzene rings is 1. The highest BCUT2D eigenvalue weighted by Crippen LogP contribution is 2.06. The number of aromatic nitrogens is 2. The maximum atomic E-state index is 12.4. The van der Waals surface area contributed by atoms with Gasteiger partial charge in [-0.2, -0.15) is 0 Å². The number of amides is 2. The van der Waals surface area contributed by atoms with Gasteiger partial charge in [0.15, 0.2) is 0 Å². The molecule has 1 aliphatic heterocycles. The molecule has 0 aliphatic carbocycles. The summed E-state index contributed by atoms with van der Waals surface area (Å²) in [5.41, 5.74) is 2.38. The minimum absolute atomic E-state index is 0.315. The fourth-order valence-electron chi connectivity index (χ4n) is 3.10. The first kappa shape index (κ1) is 21.7. The zero-order chi connectivity index (χ0) is 21.2. The van der Waals surface area contributed by atoms with Gasteiger partial charge in [-0.1, -0.05) is 18.2 Å². The first-order chi connectivity index (χ1) is 14.6. The smallest absolute Gasteiger partial charge is 0.326 e. The summed E-state index contributed by atoms with van der Waals surface area (Å²) in [7, 11) is 0. The van der Waals surface area contributed by atoms with Crippen LogP contribution in [-0.4, -0.2) is 66.3 Å². The third-order valence-corrected chi connectivity index (χ3v) is 4.48. The van der Waals surface area contributed by atoms with Crippen molar-refractivity contribution in [2.75, 3.05) is 50.0 Å². The van der Waals surface area contributed by atoms with E-state index in [9.17, 15) is 4.79 Å². The largest absolute Gasteiger partial charge is 0.379 e. The topological polar surface area (TPSA) is 104 Å². The molecule has 1 fully saturated rings. The molecule has 3 rings (SSSR count). The zero-order valence-electron chi connectivity index (χ0n) is 17.5. The van der Waals surface area contributed by atoms with Gasteiger partial charge in [-0.3, -0.25) is 20.5 Å². The van der Waals surface area contributed by atoms with Crippen LogP contribution < -0.4 is 16.0 Å². The van der Waals surface area contributed by atoms with Gasteiger partial charge < -0.3 is 10.1 Å². The van der Waals surface area contributed by atoms with E-state index in [0.717, 1.165) is 50.7 Å². The lowest BCUT2D eigenvalue weighted by Gasteiger charge is -2.26. The Morgan fingerprint density at radius 3 is 2.50 bits per heavy atom. The fraction of sp³-hybridized carbons (Fsp3) is 0.429. The number of carbonyl (C=O) groups excluding carboxylic acids is 1. The van der Waals surface area contributed by atoms with Gasteiger partial charge in [-0.05, 0) is 38.5 Å². The van der Waals surface area contributed by atoms with E-state index < -0.39 is 0 Å². The van der Waals surface area contributed by atoms with Gasteiger partial charge in [-0.25, -0.2) is 14.8 Å². The highest BCUT2D eigenvalue weighted by Gasteiger charge is 2.11. The summed E-state index contributed by atoms with van der Waals surface area (Å²) in [6, 6.07) is 10.8. The number of rotatable bonds is 6. The Labute approximate surface area is 177 Å². The molecule has 0 unspecified atom stereocenters. The van der Waals surface area contributed by atoms with Crippen LogP contribution in [0.25, 0.3) is 0 Å². The summed E-state index contributed by atoms with van der Waals surface area (Å²) in [4.78, 5) is 28.1. The molecule has 9 heteroatoms. The molecule has 160 valence electrons. The average Bonchev–Trinajstić information content (AvgIpc) is 2.72. The second kappa shape index (κ2) is 11.2. The lowest BCUT2D eigenvalue weighted by atomic mass is 10.3. The standard InChI is InChI=1S/C21H29N7O2/c1-16-15-17(2)24-20(23-16)26-19(22-9-6-10-28-11-13-30-14-12-28)27-21(29)25-18-7-4-3-5-8-18/h3-5,7-8,15H,6,9-14H2,1-2H3,(H3,22,23,24,25,26,27,29). The predicted molar refractivity (Wildman–Crippen MR) is 118 cm³/mol. The molecular weight excluding hydrogens is 382 g/mol. The number of hydrogen-bond donors (Lipinski definition) is 3.